The Kier molecular flexibility index (Phi) is 4.33. The van der Waals surface area contributed by atoms with Crippen LogP contribution in [0.4, 0.5) is 0 Å². The highest BCUT2D eigenvalue weighted by molar-refractivity contribution is 6.42. The fourth-order valence-corrected chi connectivity index (χ4v) is 3.19. The van der Waals surface area contributed by atoms with Gasteiger partial charge in [0.25, 0.3) is 0 Å². The van der Waals surface area contributed by atoms with Crippen molar-refractivity contribution in [3.05, 3.63) is 33.8 Å². The molecule has 1 aromatic rings. The van der Waals surface area contributed by atoms with Gasteiger partial charge in [0.15, 0.2) is 0 Å². The molecular formula is C15H20Cl2N2. The van der Waals surface area contributed by atoms with E-state index in [0.29, 0.717) is 10.0 Å². The van der Waals surface area contributed by atoms with Crippen LogP contribution < -0.4 is 5.32 Å². The van der Waals surface area contributed by atoms with Crippen LogP contribution in [0, 0.1) is 5.92 Å². The SMILES string of the molecule is Clc1ccc(CNCC2CCN(C3CC3)C2)cc1Cl. The van der Waals surface area contributed by atoms with Gasteiger partial charge in [-0.15, -0.1) is 0 Å². The van der Waals surface area contributed by atoms with Crippen molar-refractivity contribution in [1.29, 1.82) is 0 Å². The van der Waals surface area contributed by atoms with Crippen molar-refractivity contribution in [3.8, 4) is 0 Å². The van der Waals surface area contributed by atoms with E-state index < -0.39 is 0 Å². The highest BCUT2D eigenvalue weighted by Gasteiger charge is 2.33. The monoisotopic (exact) mass is 298 g/mol. The molecule has 19 heavy (non-hydrogen) atoms. The standard InChI is InChI=1S/C15H20Cl2N2/c16-14-4-1-11(7-15(14)17)8-18-9-12-5-6-19(10-12)13-2-3-13/h1,4,7,12-13,18H,2-3,5-6,8-10H2. The Labute approximate surface area is 125 Å². The van der Waals surface area contributed by atoms with Crippen LogP contribution in [0.15, 0.2) is 18.2 Å². The van der Waals surface area contributed by atoms with Crippen LogP contribution >= 0.6 is 23.2 Å². The first-order valence-corrected chi connectivity index (χ1v) is 7.86. The van der Waals surface area contributed by atoms with Gasteiger partial charge in [-0.25, -0.2) is 0 Å². The van der Waals surface area contributed by atoms with Gasteiger partial charge in [-0.1, -0.05) is 29.3 Å². The molecule has 2 fully saturated rings. The second-order valence-corrected chi connectivity index (χ2v) is 6.57. The maximum atomic E-state index is 6.01. The summed E-state index contributed by atoms with van der Waals surface area (Å²) in [5.41, 5.74) is 1.20. The Bertz CT molecular complexity index is 446. The first-order valence-electron chi connectivity index (χ1n) is 7.11. The predicted molar refractivity (Wildman–Crippen MR) is 80.9 cm³/mol. The molecule has 1 saturated carbocycles. The molecule has 1 aliphatic heterocycles. The average Bonchev–Trinajstić information content (AvgIpc) is 3.14. The number of halogens is 2. The van der Waals surface area contributed by atoms with E-state index in [4.69, 9.17) is 23.2 Å². The van der Waals surface area contributed by atoms with E-state index in [1.54, 1.807) is 0 Å². The van der Waals surface area contributed by atoms with Gasteiger partial charge in [0.05, 0.1) is 10.0 Å². The van der Waals surface area contributed by atoms with Crippen molar-refractivity contribution in [1.82, 2.24) is 10.2 Å². The van der Waals surface area contributed by atoms with Crippen LogP contribution in [0.5, 0.6) is 0 Å². The smallest absolute Gasteiger partial charge is 0.0595 e. The number of hydrogen-bond donors (Lipinski definition) is 1. The largest absolute Gasteiger partial charge is 0.312 e. The van der Waals surface area contributed by atoms with E-state index in [0.717, 1.165) is 25.0 Å². The number of nitrogens with one attached hydrogen (secondary N) is 1. The number of benzene rings is 1. The molecule has 1 aromatic carbocycles. The lowest BCUT2D eigenvalue weighted by Crippen LogP contribution is -2.27. The average molecular weight is 299 g/mol. The molecule has 0 aromatic heterocycles. The topological polar surface area (TPSA) is 15.3 Å². The normalized spacial score (nSPS) is 24.0. The van der Waals surface area contributed by atoms with Gasteiger partial charge in [-0.3, -0.25) is 0 Å². The van der Waals surface area contributed by atoms with E-state index >= 15 is 0 Å². The van der Waals surface area contributed by atoms with Crippen LogP contribution in [0.3, 0.4) is 0 Å². The summed E-state index contributed by atoms with van der Waals surface area (Å²) in [5.74, 6) is 0.809. The molecule has 1 unspecified atom stereocenters. The van der Waals surface area contributed by atoms with Gasteiger partial charge in [-0.05, 0) is 56.0 Å². The van der Waals surface area contributed by atoms with Crippen molar-refractivity contribution >= 4 is 23.2 Å². The first kappa shape index (κ1) is 13.7. The zero-order valence-electron chi connectivity index (χ0n) is 11.0. The van der Waals surface area contributed by atoms with Gasteiger partial charge < -0.3 is 10.2 Å². The molecule has 2 aliphatic rings. The Morgan fingerprint density at radius 1 is 1.16 bits per heavy atom. The first-order chi connectivity index (χ1) is 9.22. The highest BCUT2D eigenvalue weighted by atomic mass is 35.5. The lowest BCUT2D eigenvalue weighted by molar-refractivity contribution is 0.312. The summed E-state index contributed by atoms with van der Waals surface area (Å²) in [5, 5.41) is 4.81. The molecule has 0 spiro atoms. The van der Waals surface area contributed by atoms with Gasteiger partial charge in [0, 0.05) is 19.1 Å². The highest BCUT2D eigenvalue weighted by Crippen LogP contribution is 2.31. The van der Waals surface area contributed by atoms with Crippen LogP contribution in [0.2, 0.25) is 10.0 Å². The van der Waals surface area contributed by atoms with E-state index in [-0.39, 0.29) is 0 Å². The van der Waals surface area contributed by atoms with Crippen LogP contribution in [0.25, 0.3) is 0 Å². The number of likely N-dealkylation sites (tertiary alicyclic amines) is 1. The van der Waals surface area contributed by atoms with E-state index in [1.807, 2.05) is 18.2 Å². The zero-order valence-corrected chi connectivity index (χ0v) is 12.6. The predicted octanol–water partition coefficient (Wildman–Crippen LogP) is 3.57. The Morgan fingerprint density at radius 3 is 2.74 bits per heavy atom. The summed E-state index contributed by atoms with van der Waals surface area (Å²) < 4.78 is 0. The van der Waals surface area contributed by atoms with Crippen LogP contribution in [-0.4, -0.2) is 30.6 Å². The van der Waals surface area contributed by atoms with Crippen molar-refractivity contribution in [3.63, 3.8) is 0 Å². The third kappa shape index (κ3) is 3.63. The van der Waals surface area contributed by atoms with Crippen molar-refractivity contribution in [2.75, 3.05) is 19.6 Å². The number of hydrogen-bond acceptors (Lipinski definition) is 2. The van der Waals surface area contributed by atoms with E-state index in [2.05, 4.69) is 10.2 Å². The third-order valence-corrected chi connectivity index (χ3v) is 4.87. The molecule has 0 amide bonds. The van der Waals surface area contributed by atoms with Crippen molar-refractivity contribution in [2.24, 2.45) is 5.92 Å². The Hall–Kier alpha value is -0.280. The molecule has 1 N–H and O–H groups in total. The summed E-state index contributed by atoms with van der Waals surface area (Å²) in [6.07, 6.45) is 4.18. The molecule has 1 saturated heterocycles. The second-order valence-electron chi connectivity index (χ2n) is 5.76. The van der Waals surface area contributed by atoms with Gasteiger partial charge in [-0.2, -0.15) is 0 Å². The molecule has 0 bridgehead atoms. The molecule has 1 atom stereocenters. The number of rotatable bonds is 5. The summed E-state index contributed by atoms with van der Waals surface area (Å²) in [7, 11) is 0. The Morgan fingerprint density at radius 2 is 2.00 bits per heavy atom. The maximum absolute atomic E-state index is 6.01. The molecule has 4 heteroatoms. The molecule has 3 rings (SSSR count). The quantitative estimate of drug-likeness (QED) is 0.894. The second kappa shape index (κ2) is 6.01. The minimum Gasteiger partial charge on any atom is -0.312 e. The summed E-state index contributed by atoms with van der Waals surface area (Å²) in [4.78, 5) is 2.66. The maximum Gasteiger partial charge on any atom is 0.0595 e. The minimum atomic E-state index is 0.626. The Balaban J connectivity index is 1.41. The molecule has 0 radical (unpaired) electrons. The van der Waals surface area contributed by atoms with Gasteiger partial charge in [0.1, 0.15) is 0 Å². The third-order valence-electron chi connectivity index (χ3n) is 4.13. The fraction of sp³-hybridized carbons (Fsp3) is 0.600. The molecular weight excluding hydrogens is 279 g/mol. The molecule has 1 aliphatic carbocycles. The molecule has 1 heterocycles. The number of nitrogens with zero attached hydrogens (tertiary/aromatic N) is 1. The van der Waals surface area contributed by atoms with Crippen molar-refractivity contribution < 1.29 is 0 Å². The van der Waals surface area contributed by atoms with E-state index in [1.165, 1.54) is 37.9 Å². The van der Waals surface area contributed by atoms with E-state index in [9.17, 15) is 0 Å². The van der Waals surface area contributed by atoms with Gasteiger partial charge >= 0.3 is 0 Å². The summed E-state index contributed by atoms with van der Waals surface area (Å²) in [6, 6.07) is 6.76. The zero-order chi connectivity index (χ0) is 13.2. The summed E-state index contributed by atoms with van der Waals surface area (Å²) >= 11 is 11.9. The lowest BCUT2D eigenvalue weighted by atomic mass is 10.1. The van der Waals surface area contributed by atoms with Crippen molar-refractivity contribution in [2.45, 2.75) is 31.8 Å². The molecule has 104 valence electrons. The minimum absolute atomic E-state index is 0.626. The fourth-order valence-electron chi connectivity index (χ4n) is 2.87. The van der Waals surface area contributed by atoms with Gasteiger partial charge in [0.2, 0.25) is 0 Å². The lowest BCUT2D eigenvalue weighted by Gasteiger charge is -2.15. The van der Waals surface area contributed by atoms with Crippen LogP contribution in [-0.2, 0) is 6.54 Å². The van der Waals surface area contributed by atoms with Crippen LogP contribution in [0.1, 0.15) is 24.8 Å². The molecule has 2 nitrogen and oxygen atoms in total. The summed E-state index contributed by atoms with van der Waals surface area (Å²) in [6.45, 7) is 4.54.